The highest BCUT2D eigenvalue weighted by Crippen LogP contribution is 2.41. The molecule has 3 rings (SSSR count). The fraction of sp³-hybridized carbons (Fsp3) is 0.312. The van der Waals surface area contributed by atoms with Gasteiger partial charge in [0.1, 0.15) is 10.3 Å². The van der Waals surface area contributed by atoms with E-state index in [4.69, 9.17) is 11.6 Å². The zero-order valence-electron chi connectivity index (χ0n) is 14.5. The molecule has 2 aromatic rings. The largest absolute Gasteiger partial charge is 0.349 e. The molecule has 1 amide bonds. The number of carbonyl (C=O) groups is 1. The fourth-order valence-electron chi connectivity index (χ4n) is 2.99. The summed E-state index contributed by atoms with van der Waals surface area (Å²) in [4.78, 5) is 26.7. The summed E-state index contributed by atoms with van der Waals surface area (Å²) in [5, 5.41) is 12.0. The summed E-state index contributed by atoms with van der Waals surface area (Å²) in [6, 6.07) is 7.34. The van der Waals surface area contributed by atoms with Crippen molar-refractivity contribution in [3.8, 4) is 0 Å². The maximum Gasteiger partial charge on any atom is 0.305 e. The zero-order valence-corrected chi connectivity index (χ0v) is 16.8. The molecule has 0 spiro atoms. The van der Waals surface area contributed by atoms with E-state index >= 15 is 0 Å². The van der Waals surface area contributed by atoms with Crippen molar-refractivity contribution in [1.82, 2.24) is 0 Å². The van der Waals surface area contributed by atoms with Gasteiger partial charge in [0.2, 0.25) is 5.91 Å². The first-order valence-electron chi connectivity index (χ1n) is 7.88. The molecule has 27 heavy (non-hydrogen) atoms. The minimum Gasteiger partial charge on any atom is -0.349 e. The third-order valence-corrected chi connectivity index (χ3v) is 7.68. The molecule has 8 nitrogen and oxygen atoms in total. The molecule has 1 aliphatic rings. The third-order valence-electron chi connectivity index (χ3n) is 4.34. The van der Waals surface area contributed by atoms with Crippen molar-refractivity contribution < 1.29 is 18.1 Å². The molecule has 0 N–H and O–H groups in total. The summed E-state index contributed by atoms with van der Waals surface area (Å²) in [6.07, 6.45) is 1.43. The van der Waals surface area contributed by atoms with E-state index < -0.39 is 20.8 Å². The van der Waals surface area contributed by atoms with Gasteiger partial charge in [0.05, 0.1) is 15.6 Å². The number of rotatable bonds is 5. The van der Waals surface area contributed by atoms with Gasteiger partial charge in [-0.3, -0.25) is 14.9 Å². The Balaban J connectivity index is 1.94. The van der Waals surface area contributed by atoms with Crippen molar-refractivity contribution in [1.29, 1.82) is 0 Å². The number of amides is 1. The lowest BCUT2D eigenvalue weighted by molar-refractivity contribution is -0.383. The van der Waals surface area contributed by atoms with Gasteiger partial charge in [-0.05, 0) is 18.6 Å². The van der Waals surface area contributed by atoms with E-state index in [1.54, 1.807) is 36.2 Å². The number of halogens is 1. The first kappa shape index (κ1) is 19.6. The van der Waals surface area contributed by atoms with Crippen LogP contribution >= 0.6 is 22.9 Å². The van der Waals surface area contributed by atoms with E-state index in [-0.39, 0.29) is 20.8 Å². The predicted octanol–water partition coefficient (Wildman–Crippen LogP) is 2.95. The minimum atomic E-state index is -3.59. The van der Waals surface area contributed by atoms with Crippen LogP contribution in [0.15, 0.2) is 34.5 Å². The molecule has 0 aliphatic carbocycles. The number of hydrogen-bond donors (Lipinski definition) is 0. The molecule has 1 unspecified atom stereocenters. The van der Waals surface area contributed by atoms with Crippen LogP contribution in [0, 0.1) is 10.1 Å². The van der Waals surface area contributed by atoms with Crippen molar-refractivity contribution in [2.75, 3.05) is 29.6 Å². The average Bonchev–Trinajstić information content (AvgIpc) is 3.19. The number of benzene rings is 1. The van der Waals surface area contributed by atoms with Crippen LogP contribution in [0.25, 0.3) is 0 Å². The number of nitro groups is 1. The van der Waals surface area contributed by atoms with E-state index in [1.807, 2.05) is 0 Å². The smallest absolute Gasteiger partial charge is 0.305 e. The van der Waals surface area contributed by atoms with Gasteiger partial charge in [0.25, 0.3) is 0 Å². The molecule has 0 radical (unpaired) electrons. The van der Waals surface area contributed by atoms with Crippen LogP contribution in [0.2, 0.25) is 5.02 Å². The molecule has 0 saturated carbocycles. The highest BCUT2D eigenvalue weighted by Gasteiger charge is 2.39. The second-order valence-corrected chi connectivity index (χ2v) is 9.82. The average molecular weight is 430 g/mol. The molecule has 1 aromatic heterocycles. The number of nitrogens with zero attached hydrogens (tertiary/aromatic N) is 3. The van der Waals surface area contributed by atoms with Gasteiger partial charge in [-0.1, -0.05) is 35.1 Å². The molecule has 144 valence electrons. The Bertz CT molecular complexity index is 1020. The summed E-state index contributed by atoms with van der Waals surface area (Å²) in [5.74, 6) is -0.241. The number of likely N-dealkylation sites (N-methyl/N-ethyl adjacent to an activating group) is 1. The van der Waals surface area contributed by atoms with E-state index in [9.17, 15) is 23.3 Å². The summed E-state index contributed by atoms with van der Waals surface area (Å²) < 4.78 is 23.5. The van der Waals surface area contributed by atoms with Gasteiger partial charge in [0.15, 0.2) is 14.8 Å². The Hall–Kier alpha value is -2.17. The summed E-state index contributed by atoms with van der Waals surface area (Å²) in [6.45, 7) is 0.412. The van der Waals surface area contributed by atoms with Gasteiger partial charge in [-0.25, -0.2) is 8.42 Å². The lowest BCUT2D eigenvalue weighted by atomic mass is 10.2. The Labute approximate surface area is 165 Å². The summed E-state index contributed by atoms with van der Waals surface area (Å²) in [7, 11) is -2.03. The van der Waals surface area contributed by atoms with E-state index in [0.717, 1.165) is 23.7 Å². The molecule has 2 heterocycles. The summed E-state index contributed by atoms with van der Waals surface area (Å²) in [5.41, 5.74) is 0.254. The SMILES string of the molecule is CN(c1sc(S(C)(=O)=O)cc1[N+](=O)[O-])C1CCN(c2ccccc2Cl)C1=O. The molecule has 1 fully saturated rings. The summed E-state index contributed by atoms with van der Waals surface area (Å²) >= 11 is 6.96. The van der Waals surface area contributed by atoms with Gasteiger partial charge in [-0.15, -0.1) is 0 Å². The minimum absolute atomic E-state index is 0.107. The number of anilines is 2. The highest BCUT2D eigenvalue weighted by atomic mass is 35.5. The Morgan fingerprint density at radius 2 is 2.04 bits per heavy atom. The number of hydrogen-bond acceptors (Lipinski definition) is 7. The van der Waals surface area contributed by atoms with Crippen molar-refractivity contribution in [2.45, 2.75) is 16.7 Å². The number of sulfone groups is 1. The molecule has 0 bridgehead atoms. The number of carbonyl (C=O) groups excluding carboxylic acids is 1. The van der Waals surface area contributed by atoms with Crippen LogP contribution in [-0.4, -0.2) is 45.1 Å². The van der Waals surface area contributed by atoms with E-state index in [2.05, 4.69) is 0 Å². The van der Waals surface area contributed by atoms with Gasteiger partial charge in [-0.2, -0.15) is 0 Å². The van der Waals surface area contributed by atoms with Crippen molar-refractivity contribution in [3.05, 3.63) is 45.5 Å². The van der Waals surface area contributed by atoms with Crippen LogP contribution < -0.4 is 9.80 Å². The first-order valence-corrected chi connectivity index (χ1v) is 11.0. The third kappa shape index (κ3) is 3.64. The van der Waals surface area contributed by atoms with Crippen molar-refractivity contribution in [2.24, 2.45) is 0 Å². The maximum atomic E-state index is 12.9. The van der Waals surface area contributed by atoms with Crippen LogP contribution in [0.5, 0.6) is 0 Å². The molecule has 1 saturated heterocycles. The topological polar surface area (TPSA) is 101 Å². The first-order chi connectivity index (χ1) is 12.6. The Morgan fingerprint density at radius 1 is 1.37 bits per heavy atom. The zero-order chi connectivity index (χ0) is 19.9. The molecule has 11 heteroatoms. The molecular formula is C16H16ClN3O5S2. The second kappa shape index (κ2) is 7.10. The molecule has 1 aliphatic heterocycles. The van der Waals surface area contributed by atoms with E-state index in [1.165, 1.54) is 4.90 Å². The quantitative estimate of drug-likeness (QED) is 0.535. The fourth-order valence-corrected chi connectivity index (χ4v) is 5.27. The van der Waals surface area contributed by atoms with Crippen LogP contribution in [0.3, 0.4) is 0 Å². The Morgan fingerprint density at radius 3 is 2.63 bits per heavy atom. The van der Waals surface area contributed by atoms with Gasteiger partial charge >= 0.3 is 5.69 Å². The molecule has 1 atom stereocenters. The van der Waals surface area contributed by atoms with Crippen molar-refractivity contribution in [3.63, 3.8) is 0 Å². The second-order valence-electron chi connectivity index (χ2n) is 6.14. The van der Waals surface area contributed by atoms with Crippen LogP contribution in [0.1, 0.15) is 6.42 Å². The van der Waals surface area contributed by atoms with Crippen LogP contribution in [-0.2, 0) is 14.6 Å². The monoisotopic (exact) mass is 429 g/mol. The molecular weight excluding hydrogens is 414 g/mol. The standard InChI is InChI=1S/C16H16ClN3O5S2/c1-18(16-13(20(22)23)9-14(26-16)27(2,24)25)12-7-8-19(15(12)21)11-6-4-3-5-10(11)17/h3-6,9,12H,7-8H2,1-2H3. The predicted molar refractivity (Wildman–Crippen MR) is 105 cm³/mol. The number of para-hydroxylation sites is 1. The Kier molecular flexibility index (Phi) is 5.15. The van der Waals surface area contributed by atoms with E-state index in [0.29, 0.717) is 23.7 Å². The van der Waals surface area contributed by atoms with Gasteiger partial charge in [0, 0.05) is 25.9 Å². The maximum absolute atomic E-state index is 12.9. The highest BCUT2D eigenvalue weighted by molar-refractivity contribution is 7.92. The van der Waals surface area contributed by atoms with Gasteiger partial charge < -0.3 is 9.80 Å². The number of thiophene rings is 1. The molecule has 1 aromatic carbocycles. The normalized spacial score (nSPS) is 17.4. The lowest BCUT2D eigenvalue weighted by Gasteiger charge is -2.24. The lowest BCUT2D eigenvalue weighted by Crippen LogP contribution is -2.39. The van der Waals surface area contributed by atoms with Crippen LogP contribution in [0.4, 0.5) is 16.4 Å². The van der Waals surface area contributed by atoms with Crippen molar-refractivity contribution >= 4 is 55.1 Å².